The van der Waals surface area contributed by atoms with Gasteiger partial charge in [0.2, 0.25) is 0 Å². The molecule has 2 heterocycles. The predicted molar refractivity (Wildman–Crippen MR) is 83.4 cm³/mol. The minimum Gasteiger partial charge on any atom is -0.278 e. The van der Waals surface area contributed by atoms with E-state index in [1.54, 1.807) is 0 Å². The fraction of sp³-hybridized carbons (Fsp3) is 0.0667. The molecule has 0 amide bonds. The van der Waals surface area contributed by atoms with Crippen LogP contribution < -0.4 is 4.72 Å². The van der Waals surface area contributed by atoms with E-state index in [1.807, 2.05) is 0 Å². The summed E-state index contributed by atoms with van der Waals surface area (Å²) >= 11 is 0. The molecule has 0 fully saturated rings. The average molecular weight is 350 g/mol. The highest BCUT2D eigenvalue weighted by molar-refractivity contribution is 7.92. The molecule has 0 atom stereocenters. The Balaban J connectivity index is 1.94. The van der Waals surface area contributed by atoms with Gasteiger partial charge in [0.05, 0.1) is 6.20 Å². The van der Waals surface area contributed by atoms with Crippen LogP contribution in [0, 0.1) is 5.82 Å². The van der Waals surface area contributed by atoms with Gasteiger partial charge in [0.15, 0.2) is 5.03 Å². The van der Waals surface area contributed by atoms with Gasteiger partial charge in [-0.3, -0.25) is 9.29 Å². The Kier molecular flexibility index (Phi) is 4.26. The number of hydrogen-bond acceptors (Lipinski definition) is 4. The fourth-order valence-corrected chi connectivity index (χ4v) is 3.17. The van der Waals surface area contributed by atoms with Crippen LogP contribution in [0.15, 0.2) is 60.1 Å². The van der Waals surface area contributed by atoms with Crippen molar-refractivity contribution < 1.29 is 17.2 Å². The molecule has 0 radical (unpaired) electrons. The van der Waals surface area contributed by atoms with E-state index in [2.05, 4.69) is 14.7 Å². The highest BCUT2D eigenvalue weighted by Gasteiger charge is 2.21. The van der Waals surface area contributed by atoms with Crippen molar-refractivity contribution in [1.29, 1.82) is 0 Å². The van der Waals surface area contributed by atoms with Gasteiger partial charge in [-0.05, 0) is 30.3 Å². The van der Waals surface area contributed by atoms with Crippen molar-refractivity contribution >= 4 is 15.7 Å². The molecule has 0 saturated heterocycles. The standard InChI is InChI=1S/C15H12F2N4O2S/c16-7-11-1-6-14(19-8-11)21-10-18-9-15(21)24(22,23)20-13-4-2-12(17)3-5-13/h1-6,8-10,20H,7H2. The maximum atomic E-state index is 12.9. The van der Waals surface area contributed by atoms with Crippen molar-refractivity contribution in [1.82, 2.24) is 14.5 Å². The van der Waals surface area contributed by atoms with Crippen molar-refractivity contribution in [2.75, 3.05) is 4.72 Å². The van der Waals surface area contributed by atoms with Crippen molar-refractivity contribution in [2.45, 2.75) is 11.7 Å². The second kappa shape index (κ2) is 6.36. The summed E-state index contributed by atoms with van der Waals surface area (Å²) in [7, 11) is -3.96. The van der Waals surface area contributed by atoms with Gasteiger partial charge in [-0.1, -0.05) is 6.07 Å². The molecule has 2 aromatic heterocycles. The summed E-state index contributed by atoms with van der Waals surface area (Å²) < 4.78 is 54.1. The van der Waals surface area contributed by atoms with Crippen LogP contribution >= 0.6 is 0 Å². The lowest BCUT2D eigenvalue weighted by atomic mass is 10.3. The molecule has 0 aliphatic carbocycles. The maximum absolute atomic E-state index is 12.9. The molecule has 0 bridgehead atoms. The molecule has 9 heteroatoms. The Bertz CT molecular complexity index is 938. The molecular weight excluding hydrogens is 338 g/mol. The van der Waals surface area contributed by atoms with E-state index < -0.39 is 22.5 Å². The van der Waals surface area contributed by atoms with E-state index >= 15 is 0 Å². The number of pyridine rings is 1. The van der Waals surface area contributed by atoms with Gasteiger partial charge in [-0.2, -0.15) is 8.42 Å². The summed E-state index contributed by atoms with van der Waals surface area (Å²) in [6, 6.07) is 7.90. The number of halogens is 2. The number of rotatable bonds is 5. The second-order valence-electron chi connectivity index (χ2n) is 4.87. The number of nitrogens with one attached hydrogen (secondary N) is 1. The second-order valence-corrected chi connectivity index (χ2v) is 6.50. The molecule has 1 aromatic carbocycles. The van der Waals surface area contributed by atoms with Crippen molar-refractivity contribution in [3.63, 3.8) is 0 Å². The third-order valence-electron chi connectivity index (χ3n) is 3.19. The number of benzene rings is 1. The number of imidazole rings is 1. The van der Waals surface area contributed by atoms with Gasteiger partial charge in [0, 0.05) is 17.4 Å². The topological polar surface area (TPSA) is 76.9 Å². The lowest BCUT2D eigenvalue weighted by Gasteiger charge is -2.10. The molecule has 24 heavy (non-hydrogen) atoms. The van der Waals surface area contributed by atoms with Gasteiger partial charge in [-0.25, -0.2) is 18.7 Å². The third-order valence-corrected chi connectivity index (χ3v) is 4.54. The summed E-state index contributed by atoms with van der Waals surface area (Å²) in [4.78, 5) is 7.86. The number of nitrogens with zero attached hydrogens (tertiary/aromatic N) is 3. The zero-order valence-electron chi connectivity index (χ0n) is 12.2. The smallest absolute Gasteiger partial charge is 0.278 e. The molecule has 1 N–H and O–H groups in total. The summed E-state index contributed by atoms with van der Waals surface area (Å²) in [6.07, 6.45) is 3.77. The first-order chi connectivity index (χ1) is 11.5. The number of sulfonamides is 1. The molecule has 0 aliphatic rings. The maximum Gasteiger partial charge on any atom is 0.279 e. The molecule has 3 aromatic rings. The Hall–Kier alpha value is -2.81. The molecular formula is C15H12F2N4O2S. The largest absolute Gasteiger partial charge is 0.279 e. The van der Waals surface area contributed by atoms with Crippen LogP contribution in [0.25, 0.3) is 5.82 Å². The first kappa shape index (κ1) is 16.1. The third kappa shape index (κ3) is 3.25. The highest BCUT2D eigenvalue weighted by Crippen LogP contribution is 2.19. The minimum absolute atomic E-state index is 0.146. The molecule has 0 spiro atoms. The fourth-order valence-electron chi connectivity index (χ4n) is 2.02. The molecule has 3 rings (SSSR count). The van der Waals surface area contributed by atoms with E-state index in [0.29, 0.717) is 5.56 Å². The van der Waals surface area contributed by atoms with E-state index in [9.17, 15) is 17.2 Å². The van der Waals surface area contributed by atoms with Gasteiger partial charge in [0.1, 0.15) is 24.6 Å². The van der Waals surface area contributed by atoms with Crippen LogP contribution in [-0.2, 0) is 16.7 Å². The SMILES string of the molecule is O=S(=O)(Nc1ccc(F)cc1)c1cncn1-c1ccc(CF)cn1. The molecule has 0 unspecified atom stereocenters. The van der Waals surface area contributed by atoms with Crippen molar-refractivity contribution in [3.05, 3.63) is 66.5 Å². The monoisotopic (exact) mass is 350 g/mol. The Morgan fingerprint density at radius 3 is 2.46 bits per heavy atom. The Morgan fingerprint density at radius 2 is 1.83 bits per heavy atom. The van der Waals surface area contributed by atoms with Crippen LogP contribution in [0.5, 0.6) is 0 Å². The van der Waals surface area contributed by atoms with Crippen molar-refractivity contribution in [2.24, 2.45) is 0 Å². The van der Waals surface area contributed by atoms with E-state index in [-0.39, 0.29) is 16.5 Å². The Labute approximate surface area is 136 Å². The van der Waals surface area contributed by atoms with Crippen LogP contribution in [-0.4, -0.2) is 23.0 Å². The van der Waals surface area contributed by atoms with Crippen LogP contribution in [0.3, 0.4) is 0 Å². The van der Waals surface area contributed by atoms with Gasteiger partial charge in [-0.15, -0.1) is 0 Å². The van der Waals surface area contributed by atoms with E-state index in [0.717, 1.165) is 18.3 Å². The summed E-state index contributed by atoms with van der Waals surface area (Å²) in [5.74, 6) is -0.190. The zero-order valence-corrected chi connectivity index (χ0v) is 13.0. The normalized spacial score (nSPS) is 11.4. The van der Waals surface area contributed by atoms with Gasteiger partial charge >= 0.3 is 0 Å². The molecule has 0 saturated carbocycles. The van der Waals surface area contributed by atoms with Crippen LogP contribution in [0.4, 0.5) is 14.5 Å². The minimum atomic E-state index is -3.96. The predicted octanol–water partition coefficient (Wildman–Crippen LogP) is 2.68. The number of alkyl halides is 1. The van der Waals surface area contributed by atoms with Gasteiger partial charge < -0.3 is 0 Å². The number of anilines is 1. The first-order valence-electron chi connectivity index (χ1n) is 6.81. The molecule has 6 nitrogen and oxygen atoms in total. The lowest BCUT2D eigenvalue weighted by Crippen LogP contribution is -2.17. The Morgan fingerprint density at radius 1 is 1.08 bits per heavy atom. The quantitative estimate of drug-likeness (QED) is 0.767. The number of aromatic nitrogens is 3. The zero-order chi connectivity index (χ0) is 17.2. The van der Waals surface area contributed by atoms with Crippen LogP contribution in [0.1, 0.15) is 5.56 Å². The van der Waals surface area contributed by atoms with Crippen LogP contribution in [0.2, 0.25) is 0 Å². The van der Waals surface area contributed by atoms with Gasteiger partial charge in [0.25, 0.3) is 10.0 Å². The van der Waals surface area contributed by atoms with E-state index in [1.165, 1.54) is 41.4 Å². The highest BCUT2D eigenvalue weighted by atomic mass is 32.2. The summed E-state index contributed by atoms with van der Waals surface area (Å²) in [6.45, 7) is -0.658. The number of hydrogen-bond donors (Lipinski definition) is 1. The lowest BCUT2D eigenvalue weighted by molar-refractivity contribution is 0.484. The first-order valence-corrected chi connectivity index (χ1v) is 8.30. The summed E-state index contributed by atoms with van der Waals surface area (Å²) in [5.41, 5.74) is 0.595. The van der Waals surface area contributed by atoms with E-state index in [4.69, 9.17) is 0 Å². The van der Waals surface area contributed by atoms with Crippen molar-refractivity contribution in [3.8, 4) is 5.82 Å². The summed E-state index contributed by atoms with van der Waals surface area (Å²) in [5, 5.41) is -0.146. The molecule has 124 valence electrons. The average Bonchev–Trinajstić information content (AvgIpc) is 3.07. The molecule has 0 aliphatic heterocycles.